The van der Waals surface area contributed by atoms with Crippen LogP contribution in [0, 0.1) is 0 Å². The molecule has 4 nitrogen and oxygen atoms in total. The third kappa shape index (κ3) is 13.9. The molecule has 1 N–H and O–H groups in total. The summed E-state index contributed by atoms with van der Waals surface area (Å²) in [7, 11) is 0. The molecule has 0 bridgehead atoms. The molecule has 0 fully saturated rings. The summed E-state index contributed by atoms with van der Waals surface area (Å²) in [5, 5.41) is 8.36. The second kappa shape index (κ2) is 13.9. The average Bonchev–Trinajstić information content (AvgIpc) is 2.25. The van der Waals surface area contributed by atoms with E-state index >= 15 is 0 Å². The van der Waals surface area contributed by atoms with Crippen LogP contribution in [0.4, 0.5) is 0 Å². The van der Waals surface area contributed by atoms with E-state index in [2.05, 4.69) is 12.3 Å². The van der Waals surface area contributed by atoms with Crippen molar-refractivity contribution in [2.45, 2.75) is 13.3 Å². The van der Waals surface area contributed by atoms with Crippen molar-refractivity contribution < 1.29 is 19.4 Å². The van der Waals surface area contributed by atoms with Gasteiger partial charge in [0.15, 0.2) is 5.70 Å². The quantitative estimate of drug-likeness (QED) is 0.249. The first-order valence-electron chi connectivity index (χ1n) is 4.41. The molecular formula is C9H16BIO4. The number of halogens is 1. The van der Waals surface area contributed by atoms with E-state index in [0.29, 0.717) is 31.8 Å². The lowest BCUT2D eigenvalue weighted by Crippen LogP contribution is -2.09. The van der Waals surface area contributed by atoms with Crippen LogP contribution in [0.25, 0.3) is 0 Å². The zero-order chi connectivity index (χ0) is 12.1. The smallest absolute Gasteiger partial charge is 0.333 e. The van der Waals surface area contributed by atoms with Gasteiger partial charge >= 0.3 is 5.97 Å². The lowest BCUT2D eigenvalue weighted by Gasteiger charge is -2.04. The topological polar surface area (TPSA) is 55.8 Å². The number of aliphatic hydroxyl groups excluding tert-OH is 1. The number of carbonyl (C=O) groups is 1. The van der Waals surface area contributed by atoms with Crippen LogP contribution >= 0.6 is 22.4 Å². The van der Waals surface area contributed by atoms with E-state index < -0.39 is 0 Å². The maximum atomic E-state index is 10.8. The molecular weight excluding hydrogens is 310 g/mol. The van der Waals surface area contributed by atoms with Crippen LogP contribution in [0.15, 0.2) is 12.2 Å². The van der Waals surface area contributed by atoms with Gasteiger partial charge in [0.25, 0.3) is 0 Å². The normalized spacial score (nSPS) is 8.73. The van der Waals surface area contributed by atoms with Crippen molar-refractivity contribution in [2.75, 3.05) is 26.4 Å². The fourth-order valence-electron chi connectivity index (χ4n) is 0.616. The molecule has 6 heteroatoms. The van der Waals surface area contributed by atoms with E-state index in [4.69, 9.17) is 14.6 Å². The highest BCUT2D eigenvalue weighted by molar-refractivity contribution is 14.1. The number of aliphatic hydroxyl groups is 1. The molecule has 15 heavy (non-hydrogen) atoms. The molecule has 0 saturated carbocycles. The summed E-state index contributed by atoms with van der Waals surface area (Å²) in [5.41, 5.74) is 4.87. The zero-order valence-corrected chi connectivity index (χ0v) is 11.0. The Balaban J connectivity index is 0. The van der Waals surface area contributed by atoms with E-state index in [1.807, 2.05) is 0 Å². The molecule has 0 unspecified atom stereocenters. The van der Waals surface area contributed by atoms with Gasteiger partial charge in [-0.3, -0.25) is 0 Å². The number of hydrogen-bond acceptors (Lipinski definition) is 4. The summed E-state index contributed by atoms with van der Waals surface area (Å²) >= 11 is 1.65. The van der Waals surface area contributed by atoms with E-state index in [-0.39, 0.29) is 12.6 Å². The molecule has 2 radical (unpaired) electrons. The monoisotopic (exact) mass is 326 g/mol. The molecule has 0 rings (SSSR count). The van der Waals surface area contributed by atoms with Gasteiger partial charge in [0.1, 0.15) is 0 Å². The van der Waals surface area contributed by atoms with Gasteiger partial charge in [-0.05, 0) is 6.92 Å². The minimum absolute atomic E-state index is 0.0194. The number of hydrogen-bond donors (Lipinski definition) is 1. The van der Waals surface area contributed by atoms with Crippen LogP contribution in [0.5, 0.6) is 0 Å². The Labute approximate surface area is 105 Å². The predicted octanol–water partition coefficient (Wildman–Crippen LogP) is 1.01. The Kier molecular flexibility index (Phi) is 16.1. The van der Waals surface area contributed by atoms with Crippen molar-refractivity contribution in [3.63, 3.8) is 0 Å². The highest BCUT2D eigenvalue weighted by Gasteiger charge is 2.01. The van der Waals surface area contributed by atoms with Gasteiger partial charge in [-0.15, -0.1) is 0 Å². The van der Waals surface area contributed by atoms with E-state index in [9.17, 15) is 4.79 Å². The summed E-state index contributed by atoms with van der Waals surface area (Å²) in [5.74, 6) is -0.373. The van der Waals surface area contributed by atoms with Gasteiger partial charge in [0.05, 0.1) is 19.8 Å². The van der Waals surface area contributed by atoms with Crippen LogP contribution in [0.1, 0.15) is 13.3 Å². The molecule has 0 spiro atoms. The van der Waals surface area contributed by atoms with Crippen molar-refractivity contribution >= 4 is 34.0 Å². The average molecular weight is 326 g/mol. The first-order valence-corrected chi connectivity index (χ1v) is 5.66. The number of ether oxygens (including phenoxy) is 2. The largest absolute Gasteiger partial charge is 0.462 e. The second-order valence-corrected chi connectivity index (χ2v) is 2.61. The molecule has 86 valence electrons. The number of rotatable bonds is 7. The third-order valence-electron chi connectivity index (χ3n) is 1.25. The van der Waals surface area contributed by atoms with Crippen molar-refractivity contribution in [3.05, 3.63) is 12.2 Å². The van der Waals surface area contributed by atoms with Gasteiger partial charge < -0.3 is 14.6 Å². The summed E-state index contributed by atoms with van der Waals surface area (Å²) in [4.78, 5) is 10.8. The van der Waals surface area contributed by atoms with E-state index in [1.54, 1.807) is 29.3 Å². The van der Waals surface area contributed by atoms with Gasteiger partial charge in [-0.2, -0.15) is 22.4 Å². The Hall–Kier alpha value is -0.0751. The SMILES string of the molecule is C=C(C)C(=O)OCCCOCCO.[B]I. The van der Waals surface area contributed by atoms with Crippen LogP contribution in [-0.4, -0.2) is 43.2 Å². The molecule has 0 aliphatic heterocycles. The summed E-state index contributed by atoms with van der Waals surface area (Å²) in [6, 6.07) is 0. The highest BCUT2D eigenvalue weighted by atomic mass is 127. The first-order chi connectivity index (χ1) is 7.18. The van der Waals surface area contributed by atoms with Crippen molar-refractivity contribution in [2.24, 2.45) is 0 Å². The summed E-state index contributed by atoms with van der Waals surface area (Å²) in [6.07, 6.45) is 0.638. The Morgan fingerprint density at radius 2 is 2.00 bits per heavy atom. The fraction of sp³-hybridized carbons (Fsp3) is 0.667. The number of esters is 1. The summed E-state index contributed by atoms with van der Waals surface area (Å²) in [6.45, 7) is 6.21. The molecule has 0 aliphatic carbocycles. The maximum Gasteiger partial charge on any atom is 0.333 e. The Morgan fingerprint density at radius 1 is 1.40 bits per heavy atom. The molecule has 0 atom stereocenters. The van der Waals surface area contributed by atoms with Crippen molar-refractivity contribution in [1.29, 1.82) is 0 Å². The standard InChI is InChI=1S/C9H16O4.BI/c1-8(2)9(11)13-6-3-5-12-7-4-10;1-2/h10H,1,3-7H2,2H3;. The highest BCUT2D eigenvalue weighted by Crippen LogP contribution is 1.93. The van der Waals surface area contributed by atoms with Gasteiger partial charge in [-0.1, -0.05) is 6.58 Å². The Morgan fingerprint density at radius 3 is 2.47 bits per heavy atom. The fourth-order valence-corrected chi connectivity index (χ4v) is 0.616. The molecule has 0 heterocycles. The van der Waals surface area contributed by atoms with Crippen molar-refractivity contribution in [1.82, 2.24) is 0 Å². The van der Waals surface area contributed by atoms with Crippen LogP contribution in [0.2, 0.25) is 0 Å². The summed E-state index contributed by atoms with van der Waals surface area (Å²) < 4.78 is 9.76. The maximum absolute atomic E-state index is 10.8. The second-order valence-electron chi connectivity index (χ2n) is 2.61. The van der Waals surface area contributed by atoms with Gasteiger partial charge in [0.2, 0.25) is 0 Å². The molecule has 0 aromatic rings. The molecule has 0 aliphatic rings. The van der Waals surface area contributed by atoms with Crippen LogP contribution in [-0.2, 0) is 14.3 Å². The minimum atomic E-state index is -0.373. The van der Waals surface area contributed by atoms with E-state index in [1.165, 1.54) is 0 Å². The lowest BCUT2D eigenvalue weighted by atomic mass is 10.4. The predicted molar refractivity (Wildman–Crippen MR) is 68.1 cm³/mol. The Bertz CT molecular complexity index is 175. The van der Waals surface area contributed by atoms with Gasteiger partial charge in [0, 0.05) is 18.6 Å². The van der Waals surface area contributed by atoms with Gasteiger partial charge in [-0.25, -0.2) is 4.79 Å². The number of carbonyl (C=O) groups excluding carboxylic acids is 1. The first kappa shape index (κ1) is 17.3. The third-order valence-corrected chi connectivity index (χ3v) is 1.25. The molecule has 0 aromatic heterocycles. The van der Waals surface area contributed by atoms with E-state index in [0.717, 1.165) is 0 Å². The van der Waals surface area contributed by atoms with Crippen LogP contribution < -0.4 is 0 Å². The molecule has 0 saturated heterocycles. The van der Waals surface area contributed by atoms with Crippen molar-refractivity contribution in [3.8, 4) is 0 Å². The lowest BCUT2D eigenvalue weighted by molar-refractivity contribution is -0.139. The molecule has 0 aromatic carbocycles. The van der Waals surface area contributed by atoms with Crippen LogP contribution in [0.3, 0.4) is 0 Å². The molecule has 0 amide bonds. The minimum Gasteiger partial charge on any atom is -0.462 e. The zero-order valence-electron chi connectivity index (χ0n) is 8.87.